The Morgan fingerprint density at radius 2 is 1.71 bits per heavy atom. The molecule has 2 atom stereocenters. The normalized spacial score (nSPS) is 12.8. The van der Waals surface area contributed by atoms with Crippen molar-refractivity contribution in [1.82, 2.24) is 10.2 Å². The molecular weight excluding hydrogens is 428 g/mol. The summed E-state index contributed by atoms with van der Waals surface area (Å²) in [5, 5.41) is 3.72. The molecule has 2 aromatic carbocycles. The Labute approximate surface area is 195 Å². The molecule has 2 rings (SSSR count). The van der Waals surface area contributed by atoms with E-state index >= 15 is 0 Å². The van der Waals surface area contributed by atoms with E-state index in [1.165, 1.54) is 5.56 Å². The minimum atomic E-state index is -0.522. The molecule has 0 aromatic heterocycles. The lowest BCUT2D eigenvalue weighted by atomic mass is 10.1. The number of carbonyl (C=O) groups is 2. The van der Waals surface area contributed by atoms with Crippen LogP contribution in [0.15, 0.2) is 53.4 Å². The van der Waals surface area contributed by atoms with Gasteiger partial charge in [0.15, 0.2) is 0 Å². The van der Waals surface area contributed by atoms with Crippen LogP contribution < -0.4 is 5.32 Å². The van der Waals surface area contributed by atoms with Crippen LogP contribution in [-0.4, -0.2) is 34.6 Å². The summed E-state index contributed by atoms with van der Waals surface area (Å²) < 4.78 is 0. The van der Waals surface area contributed by atoms with E-state index < -0.39 is 6.04 Å². The highest BCUT2D eigenvalue weighted by Gasteiger charge is 2.26. The van der Waals surface area contributed by atoms with E-state index in [4.69, 9.17) is 11.6 Å². The van der Waals surface area contributed by atoms with E-state index in [1.807, 2.05) is 76.2 Å². The van der Waals surface area contributed by atoms with Crippen LogP contribution in [0, 0.1) is 6.92 Å². The standard InChI is InChI=1S/C25H33ClN2O2S/c1-5-19(3)27-25(30)20(4)28(17-21-10-8-18(2)9-11-21)24(29)7-6-16-31-23-14-12-22(26)13-15-23/h8-15,19-20H,5-7,16-17H2,1-4H3,(H,27,30)/t19-,20-/m0/s1. The van der Waals surface area contributed by atoms with Crippen molar-refractivity contribution in [3.63, 3.8) is 0 Å². The highest BCUT2D eigenvalue weighted by Crippen LogP contribution is 2.22. The zero-order valence-electron chi connectivity index (χ0n) is 18.9. The molecule has 0 fully saturated rings. The second kappa shape index (κ2) is 12.8. The first-order chi connectivity index (χ1) is 14.8. The van der Waals surface area contributed by atoms with E-state index in [0.717, 1.165) is 34.1 Å². The predicted molar refractivity (Wildman–Crippen MR) is 130 cm³/mol. The van der Waals surface area contributed by atoms with Gasteiger partial charge in [0.05, 0.1) is 0 Å². The second-order valence-electron chi connectivity index (χ2n) is 7.91. The molecule has 0 saturated carbocycles. The fourth-order valence-corrected chi connectivity index (χ4v) is 4.01. The highest BCUT2D eigenvalue weighted by atomic mass is 35.5. The third-order valence-corrected chi connectivity index (χ3v) is 6.61. The Balaban J connectivity index is 1.99. The molecule has 0 aliphatic heterocycles. The summed E-state index contributed by atoms with van der Waals surface area (Å²) in [7, 11) is 0. The lowest BCUT2D eigenvalue weighted by Crippen LogP contribution is -2.49. The molecular formula is C25H33ClN2O2S. The minimum absolute atomic E-state index is 0.00378. The Hall–Kier alpha value is -1.98. The van der Waals surface area contributed by atoms with Gasteiger partial charge in [-0.05, 0) is 69.2 Å². The summed E-state index contributed by atoms with van der Waals surface area (Å²) in [6.07, 6.45) is 2.01. The smallest absolute Gasteiger partial charge is 0.242 e. The van der Waals surface area contributed by atoms with Crippen LogP contribution in [0.1, 0.15) is 51.2 Å². The number of thioether (sulfide) groups is 1. The van der Waals surface area contributed by atoms with Crippen molar-refractivity contribution in [2.45, 2.75) is 70.5 Å². The zero-order chi connectivity index (χ0) is 22.8. The second-order valence-corrected chi connectivity index (χ2v) is 9.51. The van der Waals surface area contributed by atoms with Crippen molar-refractivity contribution in [1.29, 1.82) is 0 Å². The number of amides is 2. The average molecular weight is 461 g/mol. The van der Waals surface area contributed by atoms with Crippen LogP contribution in [0.2, 0.25) is 5.02 Å². The van der Waals surface area contributed by atoms with Gasteiger partial charge in [0, 0.05) is 28.9 Å². The van der Waals surface area contributed by atoms with E-state index in [-0.39, 0.29) is 17.9 Å². The summed E-state index contributed by atoms with van der Waals surface area (Å²) in [6.45, 7) is 8.28. The molecule has 0 unspecified atom stereocenters. The topological polar surface area (TPSA) is 49.4 Å². The van der Waals surface area contributed by atoms with Gasteiger partial charge in [-0.15, -0.1) is 11.8 Å². The molecule has 0 radical (unpaired) electrons. The molecule has 1 N–H and O–H groups in total. The van der Waals surface area contributed by atoms with E-state index in [2.05, 4.69) is 5.32 Å². The van der Waals surface area contributed by atoms with Crippen LogP contribution in [-0.2, 0) is 16.1 Å². The molecule has 0 saturated heterocycles. The SMILES string of the molecule is CC[C@H](C)NC(=O)[C@H](C)N(Cc1ccc(C)cc1)C(=O)CCCSc1ccc(Cl)cc1. The Morgan fingerprint density at radius 1 is 1.06 bits per heavy atom. The van der Waals surface area contributed by atoms with Gasteiger partial charge in [-0.2, -0.15) is 0 Å². The summed E-state index contributed by atoms with van der Waals surface area (Å²) in [6, 6.07) is 15.4. The molecule has 2 aromatic rings. The predicted octanol–water partition coefficient (Wildman–Crippen LogP) is 5.85. The van der Waals surface area contributed by atoms with Crippen molar-refractivity contribution in [2.24, 2.45) is 0 Å². The maximum Gasteiger partial charge on any atom is 0.242 e. The third-order valence-electron chi connectivity index (χ3n) is 5.26. The quantitative estimate of drug-likeness (QED) is 0.338. The maximum atomic E-state index is 13.1. The van der Waals surface area contributed by atoms with Crippen molar-refractivity contribution >= 4 is 35.2 Å². The first-order valence-electron chi connectivity index (χ1n) is 10.8. The lowest BCUT2D eigenvalue weighted by Gasteiger charge is -2.30. The van der Waals surface area contributed by atoms with Gasteiger partial charge in [0.2, 0.25) is 11.8 Å². The van der Waals surface area contributed by atoms with E-state index in [9.17, 15) is 9.59 Å². The van der Waals surface area contributed by atoms with Gasteiger partial charge < -0.3 is 10.2 Å². The van der Waals surface area contributed by atoms with Crippen LogP contribution in [0.4, 0.5) is 0 Å². The van der Waals surface area contributed by atoms with Crippen LogP contribution in [0.25, 0.3) is 0 Å². The van der Waals surface area contributed by atoms with Crippen LogP contribution in [0.3, 0.4) is 0 Å². The van der Waals surface area contributed by atoms with Crippen LogP contribution in [0.5, 0.6) is 0 Å². The van der Waals surface area contributed by atoms with Crippen molar-refractivity contribution in [3.05, 3.63) is 64.7 Å². The number of rotatable bonds is 11. The van der Waals surface area contributed by atoms with Crippen molar-refractivity contribution < 1.29 is 9.59 Å². The summed E-state index contributed by atoms with van der Waals surface area (Å²) in [5.41, 5.74) is 2.20. The monoisotopic (exact) mass is 460 g/mol. The molecule has 2 amide bonds. The van der Waals surface area contributed by atoms with Gasteiger partial charge in [-0.1, -0.05) is 48.4 Å². The fourth-order valence-electron chi connectivity index (χ4n) is 3.03. The van der Waals surface area contributed by atoms with Gasteiger partial charge >= 0.3 is 0 Å². The van der Waals surface area contributed by atoms with Crippen LogP contribution >= 0.6 is 23.4 Å². The Morgan fingerprint density at radius 3 is 2.32 bits per heavy atom. The van der Waals surface area contributed by atoms with Gasteiger partial charge in [0.25, 0.3) is 0 Å². The first-order valence-corrected chi connectivity index (χ1v) is 12.2. The zero-order valence-corrected chi connectivity index (χ0v) is 20.4. The Bertz CT molecular complexity index is 840. The number of benzene rings is 2. The number of carbonyl (C=O) groups excluding carboxylic acids is 2. The van der Waals surface area contributed by atoms with Crippen molar-refractivity contribution in [3.8, 4) is 0 Å². The largest absolute Gasteiger partial charge is 0.352 e. The molecule has 0 spiro atoms. The fraction of sp³-hybridized carbons (Fsp3) is 0.440. The minimum Gasteiger partial charge on any atom is -0.352 e. The molecule has 6 heteroatoms. The molecule has 168 valence electrons. The molecule has 0 aliphatic rings. The molecule has 4 nitrogen and oxygen atoms in total. The van der Waals surface area contributed by atoms with Crippen molar-refractivity contribution in [2.75, 3.05) is 5.75 Å². The van der Waals surface area contributed by atoms with Gasteiger partial charge in [-0.3, -0.25) is 9.59 Å². The van der Waals surface area contributed by atoms with E-state index in [1.54, 1.807) is 16.7 Å². The number of aryl methyl sites for hydroxylation is 1. The summed E-state index contributed by atoms with van der Waals surface area (Å²) >= 11 is 7.63. The third kappa shape index (κ3) is 8.58. The number of nitrogens with zero attached hydrogens (tertiary/aromatic N) is 1. The van der Waals surface area contributed by atoms with Gasteiger partial charge in [-0.25, -0.2) is 0 Å². The maximum absolute atomic E-state index is 13.1. The Kier molecular flexibility index (Phi) is 10.4. The molecule has 0 bridgehead atoms. The molecule has 0 heterocycles. The number of halogens is 1. The molecule has 31 heavy (non-hydrogen) atoms. The highest BCUT2D eigenvalue weighted by molar-refractivity contribution is 7.99. The van der Waals surface area contributed by atoms with Gasteiger partial charge in [0.1, 0.15) is 6.04 Å². The number of nitrogens with one attached hydrogen (secondary N) is 1. The lowest BCUT2D eigenvalue weighted by molar-refractivity contribution is -0.140. The number of hydrogen-bond donors (Lipinski definition) is 1. The summed E-state index contributed by atoms with van der Waals surface area (Å²) in [4.78, 5) is 28.7. The average Bonchev–Trinajstić information content (AvgIpc) is 2.76. The first kappa shape index (κ1) is 25.3. The number of hydrogen-bond acceptors (Lipinski definition) is 3. The summed E-state index contributed by atoms with van der Waals surface area (Å²) in [5.74, 6) is 0.730. The van der Waals surface area contributed by atoms with E-state index in [0.29, 0.717) is 13.0 Å². The molecule has 0 aliphatic carbocycles.